The van der Waals surface area contributed by atoms with Crippen LogP contribution in [0.15, 0.2) is 47.1 Å². The van der Waals surface area contributed by atoms with Crippen molar-refractivity contribution >= 4 is 11.9 Å². The van der Waals surface area contributed by atoms with Crippen molar-refractivity contribution in [2.24, 2.45) is 0 Å². The number of amides is 3. The van der Waals surface area contributed by atoms with Gasteiger partial charge in [-0.05, 0) is 36.8 Å². The molecule has 3 rings (SSSR count). The summed E-state index contributed by atoms with van der Waals surface area (Å²) in [5, 5.41) is 11.6. The quantitative estimate of drug-likeness (QED) is 0.879. The number of furan rings is 1. The Bertz CT molecular complexity index is 776. The van der Waals surface area contributed by atoms with Crippen molar-refractivity contribution in [2.45, 2.75) is 19.0 Å². The summed E-state index contributed by atoms with van der Waals surface area (Å²) >= 11 is 0. The van der Waals surface area contributed by atoms with Gasteiger partial charge in [0.25, 0.3) is 5.91 Å². The molecule has 1 aromatic carbocycles. The Balaban J connectivity index is 1.88. The second kappa shape index (κ2) is 5.04. The van der Waals surface area contributed by atoms with Gasteiger partial charge in [-0.2, -0.15) is 5.26 Å². The van der Waals surface area contributed by atoms with Gasteiger partial charge in [-0.25, -0.2) is 4.79 Å². The summed E-state index contributed by atoms with van der Waals surface area (Å²) in [4.78, 5) is 25.9. The zero-order chi connectivity index (χ0) is 15.7. The summed E-state index contributed by atoms with van der Waals surface area (Å²) in [7, 11) is 0. The molecule has 2 aromatic rings. The predicted octanol–water partition coefficient (Wildman–Crippen LogP) is 2.12. The van der Waals surface area contributed by atoms with Gasteiger partial charge in [0.1, 0.15) is 5.76 Å². The lowest BCUT2D eigenvalue weighted by Crippen LogP contribution is -2.40. The average molecular weight is 295 g/mol. The molecule has 0 bridgehead atoms. The third-order valence-corrected chi connectivity index (χ3v) is 3.69. The van der Waals surface area contributed by atoms with E-state index in [4.69, 9.17) is 9.68 Å². The van der Waals surface area contributed by atoms with Crippen LogP contribution in [0, 0.1) is 11.3 Å². The summed E-state index contributed by atoms with van der Waals surface area (Å²) in [5.74, 6) is 0.00827. The summed E-state index contributed by atoms with van der Waals surface area (Å²) in [6, 6.07) is 11.7. The Hall–Kier alpha value is -3.07. The van der Waals surface area contributed by atoms with Gasteiger partial charge in [0, 0.05) is 0 Å². The standard InChI is InChI=1S/C16H13N3O3/c1-16(13-6-3-7-22-13)14(20)19(15(21)18-16)10-12-5-2-4-11(8-12)9-17/h2-8H,10H2,1H3,(H,18,21). The molecule has 0 saturated carbocycles. The van der Waals surface area contributed by atoms with E-state index in [1.807, 2.05) is 6.07 Å². The van der Waals surface area contributed by atoms with Crippen molar-refractivity contribution in [2.75, 3.05) is 0 Å². The molecule has 1 aromatic heterocycles. The highest BCUT2D eigenvalue weighted by atomic mass is 16.3. The molecule has 1 N–H and O–H groups in total. The zero-order valence-corrected chi connectivity index (χ0v) is 11.9. The second-order valence-corrected chi connectivity index (χ2v) is 5.24. The minimum atomic E-state index is -1.20. The van der Waals surface area contributed by atoms with E-state index in [9.17, 15) is 9.59 Å². The van der Waals surface area contributed by atoms with E-state index >= 15 is 0 Å². The Morgan fingerprint density at radius 3 is 2.82 bits per heavy atom. The maximum Gasteiger partial charge on any atom is 0.325 e. The molecule has 0 spiro atoms. The van der Waals surface area contributed by atoms with Gasteiger partial charge in [-0.1, -0.05) is 12.1 Å². The third-order valence-electron chi connectivity index (χ3n) is 3.69. The molecule has 1 aliphatic heterocycles. The van der Waals surface area contributed by atoms with Crippen molar-refractivity contribution in [1.29, 1.82) is 5.26 Å². The third kappa shape index (κ3) is 2.13. The maximum absolute atomic E-state index is 12.6. The van der Waals surface area contributed by atoms with Crippen LogP contribution < -0.4 is 5.32 Å². The SMILES string of the molecule is CC1(c2ccco2)NC(=O)N(Cc2cccc(C#N)c2)C1=O. The topological polar surface area (TPSA) is 86.3 Å². The van der Waals surface area contributed by atoms with Gasteiger partial charge in [-0.3, -0.25) is 9.69 Å². The Morgan fingerprint density at radius 2 is 2.14 bits per heavy atom. The first-order chi connectivity index (χ1) is 10.5. The number of nitrogens with one attached hydrogen (secondary N) is 1. The minimum Gasteiger partial charge on any atom is -0.466 e. The average Bonchev–Trinajstić information content (AvgIpc) is 3.12. The molecular formula is C16H13N3O3. The van der Waals surface area contributed by atoms with Crippen LogP contribution in [0.4, 0.5) is 4.79 Å². The van der Waals surface area contributed by atoms with Gasteiger partial charge >= 0.3 is 6.03 Å². The van der Waals surface area contributed by atoms with Crippen molar-refractivity contribution in [3.8, 4) is 6.07 Å². The lowest BCUT2D eigenvalue weighted by molar-refractivity contribution is -0.132. The van der Waals surface area contributed by atoms with Crippen LogP contribution in [-0.2, 0) is 16.9 Å². The number of carbonyl (C=O) groups is 2. The van der Waals surface area contributed by atoms with Crippen LogP contribution in [0.1, 0.15) is 23.8 Å². The highest BCUT2D eigenvalue weighted by molar-refractivity contribution is 6.06. The highest BCUT2D eigenvalue weighted by Crippen LogP contribution is 2.30. The highest BCUT2D eigenvalue weighted by Gasteiger charge is 2.50. The molecule has 22 heavy (non-hydrogen) atoms. The van der Waals surface area contributed by atoms with E-state index in [2.05, 4.69) is 5.32 Å². The Labute approximate surface area is 126 Å². The van der Waals surface area contributed by atoms with Crippen molar-refractivity contribution in [1.82, 2.24) is 10.2 Å². The zero-order valence-electron chi connectivity index (χ0n) is 11.9. The van der Waals surface area contributed by atoms with E-state index in [1.165, 1.54) is 6.26 Å². The van der Waals surface area contributed by atoms with Crippen LogP contribution in [-0.4, -0.2) is 16.8 Å². The largest absolute Gasteiger partial charge is 0.466 e. The number of nitriles is 1. The summed E-state index contributed by atoms with van der Waals surface area (Å²) in [6.45, 7) is 1.72. The lowest BCUT2D eigenvalue weighted by Gasteiger charge is -2.19. The first-order valence-electron chi connectivity index (χ1n) is 6.72. The smallest absolute Gasteiger partial charge is 0.325 e. The normalized spacial score (nSPS) is 20.8. The van der Waals surface area contributed by atoms with Crippen molar-refractivity contribution in [3.63, 3.8) is 0 Å². The van der Waals surface area contributed by atoms with Gasteiger partial charge in [0.15, 0.2) is 5.54 Å². The minimum absolute atomic E-state index is 0.108. The fourth-order valence-corrected chi connectivity index (χ4v) is 2.49. The van der Waals surface area contributed by atoms with Crippen molar-refractivity contribution < 1.29 is 14.0 Å². The molecule has 1 atom stereocenters. The number of urea groups is 1. The number of carbonyl (C=O) groups excluding carboxylic acids is 2. The maximum atomic E-state index is 12.6. The van der Waals surface area contributed by atoms with Crippen LogP contribution >= 0.6 is 0 Å². The summed E-state index contributed by atoms with van der Waals surface area (Å²) < 4.78 is 5.27. The van der Waals surface area contributed by atoms with Crippen LogP contribution in [0.3, 0.4) is 0 Å². The fourth-order valence-electron chi connectivity index (χ4n) is 2.49. The van der Waals surface area contributed by atoms with E-state index in [0.717, 1.165) is 4.90 Å². The molecule has 0 radical (unpaired) electrons. The molecule has 1 unspecified atom stereocenters. The monoisotopic (exact) mass is 295 g/mol. The first kappa shape index (κ1) is 13.9. The molecule has 1 saturated heterocycles. The van der Waals surface area contributed by atoms with Crippen LogP contribution in [0.2, 0.25) is 0 Å². The number of imide groups is 1. The number of nitrogens with zero attached hydrogens (tertiary/aromatic N) is 2. The number of hydrogen-bond donors (Lipinski definition) is 1. The van der Waals surface area contributed by atoms with Gasteiger partial charge in [-0.15, -0.1) is 0 Å². The van der Waals surface area contributed by atoms with E-state index in [0.29, 0.717) is 16.9 Å². The number of benzene rings is 1. The Morgan fingerprint density at radius 1 is 1.32 bits per heavy atom. The molecule has 0 aliphatic carbocycles. The second-order valence-electron chi connectivity index (χ2n) is 5.24. The van der Waals surface area contributed by atoms with E-state index < -0.39 is 11.6 Å². The molecule has 3 amide bonds. The van der Waals surface area contributed by atoms with Crippen LogP contribution in [0.5, 0.6) is 0 Å². The lowest BCUT2D eigenvalue weighted by atomic mass is 9.99. The molecule has 2 heterocycles. The molecular weight excluding hydrogens is 282 g/mol. The first-order valence-corrected chi connectivity index (χ1v) is 6.72. The number of hydrogen-bond acceptors (Lipinski definition) is 4. The van der Waals surface area contributed by atoms with Crippen LogP contribution in [0.25, 0.3) is 0 Å². The predicted molar refractivity (Wildman–Crippen MR) is 76.3 cm³/mol. The molecule has 1 fully saturated rings. The van der Waals surface area contributed by atoms with E-state index in [1.54, 1.807) is 43.3 Å². The van der Waals surface area contributed by atoms with Gasteiger partial charge in [0.2, 0.25) is 0 Å². The molecule has 6 nitrogen and oxygen atoms in total. The Kier molecular flexibility index (Phi) is 3.18. The van der Waals surface area contributed by atoms with Gasteiger partial charge < -0.3 is 9.73 Å². The number of rotatable bonds is 3. The fraction of sp³-hybridized carbons (Fsp3) is 0.188. The molecule has 110 valence electrons. The summed E-state index contributed by atoms with van der Waals surface area (Å²) in [6.07, 6.45) is 1.46. The van der Waals surface area contributed by atoms with Gasteiger partial charge in [0.05, 0.1) is 24.4 Å². The van der Waals surface area contributed by atoms with Crippen molar-refractivity contribution in [3.05, 3.63) is 59.5 Å². The molecule has 1 aliphatic rings. The summed E-state index contributed by atoms with van der Waals surface area (Å²) in [5.41, 5.74) is -0.00227. The molecule has 6 heteroatoms. The van der Waals surface area contributed by atoms with E-state index in [-0.39, 0.29) is 12.5 Å².